The number of hydrogen-bond acceptors (Lipinski definition) is 3. The Bertz CT molecular complexity index is 482. The molecule has 0 aromatic heterocycles. The highest BCUT2D eigenvalue weighted by molar-refractivity contribution is 5.97. The van der Waals surface area contributed by atoms with E-state index < -0.39 is 6.61 Å². The van der Waals surface area contributed by atoms with Gasteiger partial charge in [-0.1, -0.05) is 12.1 Å². The summed E-state index contributed by atoms with van der Waals surface area (Å²) in [4.78, 5) is 14.2. The largest absolute Gasteiger partial charge is 0.434 e. The molecule has 0 radical (unpaired) electrons. The van der Waals surface area contributed by atoms with Crippen LogP contribution in [0.1, 0.15) is 23.7 Å². The molecule has 20 heavy (non-hydrogen) atoms. The van der Waals surface area contributed by atoms with Gasteiger partial charge in [-0.2, -0.15) is 8.78 Å². The van der Waals surface area contributed by atoms with E-state index in [4.69, 9.17) is 5.73 Å². The van der Waals surface area contributed by atoms with Crippen molar-refractivity contribution in [1.82, 2.24) is 4.90 Å². The Morgan fingerprint density at radius 3 is 2.80 bits per heavy atom. The summed E-state index contributed by atoms with van der Waals surface area (Å²) in [5.74, 6) is -0.113. The van der Waals surface area contributed by atoms with Gasteiger partial charge in [0.05, 0.1) is 5.56 Å². The normalized spacial score (nSPS) is 22.4. The fourth-order valence-corrected chi connectivity index (χ4v) is 2.59. The van der Waals surface area contributed by atoms with Crippen LogP contribution in [-0.4, -0.2) is 36.5 Å². The van der Waals surface area contributed by atoms with Crippen LogP contribution in [0.2, 0.25) is 0 Å². The molecular formula is C14H18F2N2O2. The van der Waals surface area contributed by atoms with E-state index >= 15 is 0 Å². The van der Waals surface area contributed by atoms with Gasteiger partial charge >= 0.3 is 6.61 Å². The number of alkyl halides is 2. The summed E-state index contributed by atoms with van der Waals surface area (Å²) in [6, 6.07) is 6.12. The molecule has 6 heteroatoms. The lowest BCUT2D eigenvalue weighted by molar-refractivity contribution is -0.0502. The summed E-state index contributed by atoms with van der Waals surface area (Å²) in [6.45, 7) is 0.0594. The summed E-state index contributed by atoms with van der Waals surface area (Å²) in [5.41, 5.74) is 5.80. The fourth-order valence-electron chi connectivity index (χ4n) is 2.59. The summed E-state index contributed by atoms with van der Waals surface area (Å²) in [6.07, 6.45) is 0.833. The second-order valence-corrected chi connectivity index (χ2v) is 5.02. The minimum atomic E-state index is -2.95. The van der Waals surface area contributed by atoms with Gasteiger partial charge in [0.2, 0.25) is 0 Å². The Labute approximate surface area is 116 Å². The Hall–Kier alpha value is -1.69. The molecule has 110 valence electrons. The van der Waals surface area contributed by atoms with Gasteiger partial charge in [0.25, 0.3) is 5.91 Å². The second kappa shape index (κ2) is 6.17. The highest BCUT2D eigenvalue weighted by atomic mass is 19.3. The molecule has 0 bridgehead atoms. The topological polar surface area (TPSA) is 55.6 Å². The molecule has 1 aromatic rings. The maximum absolute atomic E-state index is 12.5. The molecule has 1 fully saturated rings. The van der Waals surface area contributed by atoms with Crippen LogP contribution in [0.3, 0.4) is 0 Å². The predicted octanol–water partition coefficient (Wildman–Crippen LogP) is 2.10. The average Bonchev–Trinajstić information content (AvgIpc) is 2.79. The van der Waals surface area contributed by atoms with Crippen LogP contribution in [0.5, 0.6) is 5.75 Å². The molecule has 1 aliphatic heterocycles. The number of hydrogen-bond donors (Lipinski definition) is 1. The molecule has 0 aliphatic carbocycles. The SMILES string of the molecule is CC1CC(CN)CN1C(=O)c1ccccc1OC(F)F. The Balaban J connectivity index is 2.21. The summed E-state index contributed by atoms with van der Waals surface area (Å²) in [5, 5.41) is 0. The maximum Gasteiger partial charge on any atom is 0.387 e. The summed E-state index contributed by atoms with van der Waals surface area (Å²) >= 11 is 0. The van der Waals surface area contributed by atoms with E-state index in [1.807, 2.05) is 6.92 Å². The maximum atomic E-state index is 12.5. The van der Waals surface area contributed by atoms with Crippen molar-refractivity contribution >= 4 is 5.91 Å². The van der Waals surface area contributed by atoms with Crippen LogP contribution in [-0.2, 0) is 0 Å². The van der Waals surface area contributed by atoms with E-state index in [1.54, 1.807) is 17.0 Å². The summed E-state index contributed by atoms with van der Waals surface area (Å²) in [7, 11) is 0. The van der Waals surface area contributed by atoms with E-state index in [0.29, 0.717) is 13.1 Å². The van der Waals surface area contributed by atoms with Gasteiger partial charge in [-0.05, 0) is 37.9 Å². The standard InChI is InChI=1S/C14H18F2N2O2/c1-9-6-10(7-17)8-18(9)13(19)11-4-2-3-5-12(11)20-14(15)16/h2-5,9-10,14H,6-8,17H2,1H3. The van der Waals surface area contributed by atoms with Crippen LogP contribution in [0, 0.1) is 5.92 Å². The number of para-hydroxylation sites is 1. The van der Waals surface area contributed by atoms with E-state index in [0.717, 1.165) is 6.42 Å². The van der Waals surface area contributed by atoms with E-state index in [-0.39, 0.29) is 29.2 Å². The van der Waals surface area contributed by atoms with Crippen molar-refractivity contribution in [2.45, 2.75) is 26.0 Å². The number of amides is 1. The number of carbonyl (C=O) groups is 1. The van der Waals surface area contributed by atoms with Crippen molar-refractivity contribution in [3.8, 4) is 5.75 Å². The number of rotatable bonds is 4. The molecule has 2 atom stereocenters. The zero-order valence-electron chi connectivity index (χ0n) is 11.3. The predicted molar refractivity (Wildman–Crippen MR) is 70.7 cm³/mol. The van der Waals surface area contributed by atoms with E-state index in [1.165, 1.54) is 12.1 Å². The lowest BCUT2D eigenvalue weighted by Crippen LogP contribution is -2.34. The lowest BCUT2D eigenvalue weighted by Gasteiger charge is -2.22. The minimum absolute atomic E-state index is 0.0515. The first-order chi connectivity index (χ1) is 9.52. The quantitative estimate of drug-likeness (QED) is 0.921. The molecule has 1 amide bonds. The molecule has 2 rings (SSSR count). The van der Waals surface area contributed by atoms with Crippen LogP contribution < -0.4 is 10.5 Å². The molecule has 2 N–H and O–H groups in total. The van der Waals surface area contributed by atoms with Gasteiger partial charge in [-0.3, -0.25) is 4.79 Å². The molecular weight excluding hydrogens is 266 g/mol. The molecule has 1 aliphatic rings. The van der Waals surface area contributed by atoms with Gasteiger partial charge in [0.15, 0.2) is 0 Å². The van der Waals surface area contributed by atoms with Gasteiger partial charge in [0.1, 0.15) is 5.75 Å². The highest BCUT2D eigenvalue weighted by Gasteiger charge is 2.33. The third kappa shape index (κ3) is 3.07. The van der Waals surface area contributed by atoms with Crippen LogP contribution in [0.4, 0.5) is 8.78 Å². The third-order valence-electron chi connectivity index (χ3n) is 3.59. The van der Waals surface area contributed by atoms with Crippen molar-refractivity contribution < 1.29 is 18.3 Å². The summed E-state index contributed by atoms with van der Waals surface area (Å²) < 4.78 is 29.2. The van der Waals surface area contributed by atoms with Gasteiger partial charge in [-0.25, -0.2) is 0 Å². The fraction of sp³-hybridized carbons (Fsp3) is 0.500. The van der Waals surface area contributed by atoms with Crippen molar-refractivity contribution in [3.63, 3.8) is 0 Å². The number of halogens is 2. The van der Waals surface area contributed by atoms with Crippen molar-refractivity contribution in [3.05, 3.63) is 29.8 Å². The van der Waals surface area contributed by atoms with Crippen molar-refractivity contribution in [1.29, 1.82) is 0 Å². The van der Waals surface area contributed by atoms with Gasteiger partial charge in [-0.15, -0.1) is 0 Å². The smallest absolute Gasteiger partial charge is 0.387 e. The van der Waals surface area contributed by atoms with E-state index in [9.17, 15) is 13.6 Å². The van der Waals surface area contributed by atoms with Crippen molar-refractivity contribution in [2.24, 2.45) is 11.7 Å². The zero-order chi connectivity index (χ0) is 14.7. The molecule has 4 nitrogen and oxygen atoms in total. The van der Waals surface area contributed by atoms with Crippen LogP contribution in [0.25, 0.3) is 0 Å². The Morgan fingerprint density at radius 2 is 2.20 bits per heavy atom. The molecule has 1 saturated heterocycles. The Morgan fingerprint density at radius 1 is 1.50 bits per heavy atom. The Kier molecular flexibility index (Phi) is 4.54. The van der Waals surface area contributed by atoms with E-state index in [2.05, 4.69) is 4.74 Å². The van der Waals surface area contributed by atoms with Crippen LogP contribution in [0.15, 0.2) is 24.3 Å². The minimum Gasteiger partial charge on any atom is -0.434 e. The highest BCUT2D eigenvalue weighted by Crippen LogP contribution is 2.28. The van der Waals surface area contributed by atoms with Crippen molar-refractivity contribution in [2.75, 3.05) is 13.1 Å². The number of ether oxygens (including phenoxy) is 1. The second-order valence-electron chi connectivity index (χ2n) is 5.02. The molecule has 1 aromatic carbocycles. The molecule has 0 spiro atoms. The molecule has 1 heterocycles. The average molecular weight is 284 g/mol. The van der Waals surface area contributed by atoms with Crippen LogP contribution >= 0.6 is 0 Å². The number of benzene rings is 1. The first-order valence-electron chi connectivity index (χ1n) is 6.57. The lowest BCUT2D eigenvalue weighted by atomic mass is 10.1. The van der Waals surface area contributed by atoms with Gasteiger partial charge < -0.3 is 15.4 Å². The third-order valence-corrected chi connectivity index (χ3v) is 3.59. The number of nitrogens with zero attached hydrogens (tertiary/aromatic N) is 1. The first kappa shape index (κ1) is 14.7. The van der Waals surface area contributed by atoms with Gasteiger partial charge in [0, 0.05) is 12.6 Å². The molecule has 0 saturated carbocycles. The number of nitrogens with two attached hydrogens (primary N) is 1. The number of likely N-dealkylation sites (tertiary alicyclic amines) is 1. The zero-order valence-corrected chi connectivity index (χ0v) is 11.3. The number of carbonyl (C=O) groups excluding carboxylic acids is 1. The first-order valence-corrected chi connectivity index (χ1v) is 6.57. The monoisotopic (exact) mass is 284 g/mol. The molecule has 2 unspecified atom stereocenters.